The van der Waals surface area contributed by atoms with Gasteiger partial charge in [-0.1, -0.05) is 54.0 Å². The van der Waals surface area contributed by atoms with Gasteiger partial charge in [-0.3, -0.25) is 9.48 Å². The Labute approximate surface area is 143 Å². The van der Waals surface area contributed by atoms with Gasteiger partial charge >= 0.3 is 0 Å². The first-order valence-corrected chi connectivity index (χ1v) is 7.78. The van der Waals surface area contributed by atoms with E-state index in [0.29, 0.717) is 29.0 Å². The highest BCUT2D eigenvalue weighted by Crippen LogP contribution is 2.19. The molecule has 0 aliphatic carbocycles. The molecule has 1 unspecified atom stereocenters. The number of nitrogens with zero attached hydrogens (tertiary/aromatic N) is 4. The van der Waals surface area contributed by atoms with Gasteiger partial charge in [-0.2, -0.15) is 10.1 Å². The maximum absolute atomic E-state index is 12.1. The summed E-state index contributed by atoms with van der Waals surface area (Å²) in [5.74, 6) is 0.572. The number of hydrogen-bond donors (Lipinski definition) is 1. The van der Waals surface area contributed by atoms with Gasteiger partial charge in [0.15, 0.2) is 0 Å². The van der Waals surface area contributed by atoms with Crippen molar-refractivity contribution >= 4 is 17.5 Å². The molecule has 1 atom stereocenters. The third-order valence-electron chi connectivity index (χ3n) is 3.58. The molecule has 0 aliphatic rings. The Morgan fingerprint density at radius 2 is 2.12 bits per heavy atom. The van der Waals surface area contributed by atoms with Crippen LogP contribution in [0.25, 0.3) is 11.4 Å². The number of nitrogens with one attached hydrogen (secondary N) is 1. The Morgan fingerprint density at radius 3 is 2.79 bits per heavy atom. The van der Waals surface area contributed by atoms with E-state index in [0.717, 1.165) is 5.56 Å². The molecule has 3 aromatic rings. The molecule has 0 bridgehead atoms. The zero-order valence-electron chi connectivity index (χ0n) is 13.2. The highest BCUT2D eigenvalue weighted by Gasteiger charge is 2.19. The second kappa shape index (κ2) is 6.84. The quantitative estimate of drug-likeness (QED) is 0.768. The Bertz CT molecular complexity index is 843. The summed E-state index contributed by atoms with van der Waals surface area (Å²) in [6, 6.07) is 9.56. The van der Waals surface area contributed by atoms with Crippen molar-refractivity contribution in [2.45, 2.75) is 12.8 Å². The molecule has 0 fully saturated rings. The van der Waals surface area contributed by atoms with Crippen LogP contribution in [0.2, 0.25) is 5.15 Å². The molecule has 1 amide bonds. The van der Waals surface area contributed by atoms with Crippen LogP contribution in [-0.2, 0) is 7.05 Å². The fourth-order valence-corrected chi connectivity index (χ4v) is 2.32. The molecule has 124 valence electrons. The minimum atomic E-state index is -0.289. The minimum absolute atomic E-state index is 0.130. The zero-order valence-corrected chi connectivity index (χ0v) is 14.0. The second-order valence-electron chi connectivity index (χ2n) is 5.41. The molecule has 1 aromatic carbocycles. The lowest BCUT2D eigenvalue weighted by Gasteiger charge is -2.08. The smallest absolute Gasteiger partial charge is 0.256 e. The van der Waals surface area contributed by atoms with Gasteiger partial charge in [0.05, 0.1) is 17.7 Å². The number of halogens is 1. The second-order valence-corrected chi connectivity index (χ2v) is 5.76. The first-order chi connectivity index (χ1) is 11.6. The first-order valence-electron chi connectivity index (χ1n) is 7.41. The molecule has 0 saturated heterocycles. The molecule has 0 saturated carbocycles. The van der Waals surface area contributed by atoms with E-state index in [1.807, 2.05) is 37.3 Å². The molecule has 8 heteroatoms. The van der Waals surface area contributed by atoms with Crippen molar-refractivity contribution in [3.63, 3.8) is 0 Å². The van der Waals surface area contributed by atoms with Gasteiger partial charge in [0.2, 0.25) is 11.7 Å². The molecule has 2 aromatic heterocycles. The van der Waals surface area contributed by atoms with Crippen LogP contribution in [-0.4, -0.2) is 32.4 Å². The highest BCUT2D eigenvalue weighted by atomic mass is 35.5. The van der Waals surface area contributed by atoms with E-state index in [4.69, 9.17) is 16.1 Å². The van der Waals surface area contributed by atoms with E-state index in [-0.39, 0.29) is 11.8 Å². The van der Waals surface area contributed by atoms with Crippen LogP contribution in [0.1, 0.15) is 29.1 Å². The Balaban J connectivity index is 1.63. The predicted molar refractivity (Wildman–Crippen MR) is 88.7 cm³/mol. The SMILES string of the molecule is CC(CNC(=O)c1cnn(C)c1Cl)c1nc(-c2ccccc2)no1. The lowest BCUT2D eigenvalue weighted by Crippen LogP contribution is -2.27. The van der Waals surface area contributed by atoms with E-state index in [1.54, 1.807) is 7.05 Å². The number of hydrogen-bond acceptors (Lipinski definition) is 5. The van der Waals surface area contributed by atoms with Crippen LogP contribution < -0.4 is 5.32 Å². The van der Waals surface area contributed by atoms with Crippen LogP contribution >= 0.6 is 11.6 Å². The lowest BCUT2D eigenvalue weighted by atomic mass is 10.1. The monoisotopic (exact) mass is 345 g/mol. The first kappa shape index (κ1) is 16.2. The third kappa shape index (κ3) is 3.30. The number of amides is 1. The van der Waals surface area contributed by atoms with Crippen molar-refractivity contribution in [1.29, 1.82) is 0 Å². The maximum atomic E-state index is 12.1. The molecular formula is C16H16ClN5O2. The summed E-state index contributed by atoms with van der Waals surface area (Å²) in [4.78, 5) is 16.5. The fourth-order valence-electron chi connectivity index (χ4n) is 2.14. The van der Waals surface area contributed by atoms with Gasteiger partial charge in [-0.15, -0.1) is 0 Å². The number of aromatic nitrogens is 4. The van der Waals surface area contributed by atoms with Crippen LogP contribution in [0.5, 0.6) is 0 Å². The van der Waals surface area contributed by atoms with Crippen LogP contribution in [0.15, 0.2) is 41.1 Å². The number of carbonyl (C=O) groups excluding carboxylic acids is 1. The van der Waals surface area contributed by atoms with Crippen LogP contribution in [0, 0.1) is 0 Å². The number of rotatable bonds is 5. The molecule has 0 radical (unpaired) electrons. The van der Waals surface area contributed by atoms with Gasteiger partial charge in [0.25, 0.3) is 5.91 Å². The average Bonchev–Trinajstić information content (AvgIpc) is 3.21. The van der Waals surface area contributed by atoms with Gasteiger partial charge in [0, 0.05) is 19.2 Å². The van der Waals surface area contributed by atoms with Gasteiger partial charge in [-0.25, -0.2) is 0 Å². The lowest BCUT2D eigenvalue weighted by molar-refractivity contribution is 0.0950. The highest BCUT2D eigenvalue weighted by molar-refractivity contribution is 6.32. The maximum Gasteiger partial charge on any atom is 0.256 e. The summed E-state index contributed by atoms with van der Waals surface area (Å²) in [7, 11) is 1.67. The van der Waals surface area contributed by atoms with Crippen LogP contribution in [0.3, 0.4) is 0 Å². The number of carbonyl (C=O) groups is 1. The molecule has 3 rings (SSSR count). The molecular weight excluding hydrogens is 330 g/mol. The molecule has 0 aliphatic heterocycles. The Morgan fingerprint density at radius 1 is 1.38 bits per heavy atom. The zero-order chi connectivity index (χ0) is 17.1. The molecule has 1 N–H and O–H groups in total. The molecule has 24 heavy (non-hydrogen) atoms. The van der Waals surface area contributed by atoms with E-state index < -0.39 is 0 Å². The van der Waals surface area contributed by atoms with Crippen molar-refractivity contribution in [1.82, 2.24) is 25.2 Å². The van der Waals surface area contributed by atoms with Gasteiger partial charge < -0.3 is 9.84 Å². The van der Waals surface area contributed by atoms with E-state index in [2.05, 4.69) is 20.6 Å². The molecule has 0 spiro atoms. The fraction of sp³-hybridized carbons (Fsp3) is 0.250. The van der Waals surface area contributed by atoms with Crippen molar-refractivity contribution < 1.29 is 9.32 Å². The Kier molecular flexibility index (Phi) is 4.61. The van der Waals surface area contributed by atoms with Crippen molar-refractivity contribution in [2.75, 3.05) is 6.54 Å². The topological polar surface area (TPSA) is 85.8 Å². The predicted octanol–water partition coefficient (Wildman–Crippen LogP) is 2.66. The largest absolute Gasteiger partial charge is 0.351 e. The van der Waals surface area contributed by atoms with Crippen molar-refractivity contribution in [3.8, 4) is 11.4 Å². The van der Waals surface area contributed by atoms with E-state index >= 15 is 0 Å². The number of aryl methyl sites for hydroxylation is 1. The van der Waals surface area contributed by atoms with Gasteiger partial charge in [-0.05, 0) is 0 Å². The van der Waals surface area contributed by atoms with Crippen molar-refractivity contribution in [3.05, 3.63) is 53.1 Å². The Hall–Kier alpha value is -2.67. The summed E-state index contributed by atoms with van der Waals surface area (Å²) in [5, 5.41) is 11.0. The minimum Gasteiger partial charge on any atom is -0.351 e. The molecule has 2 heterocycles. The van der Waals surface area contributed by atoms with Crippen LogP contribution in [0.4, 0.5) is 0 Å². The average molecular weight is 346 g/mol. The number of benzene rings is 1. The standard InChI is InChI=1S/C16H16ClN5O2/c1-10(8-18-15(23)12-9-19-22(2)13(12)17)16-20-14(21-24-16)11-6-4-3-5-7-11/h3-7,9-10H,8H2,1-2H3,(H,18,23). The third-order valence-corrected chi connectivity index (χ3v) is 4.02. The summed E-state index contributed by atoms with van der Waals surface area (Å²) >= 11 is 6.01. The summed E-state index contributed by atoms with van der Waals surface area (Å²) in [5.41, 5.74) is 1.22. The summed E-state index contributed by atoms with van der Waals surface area (Å²) in [6.07, 6.45) is 1.43. The van der Waals surface area contributed by atoms with Gasteiger partial charge in [0.1, 0.15) is 5.15 Å². The molecule has 7 nitrogen and oxygen atoms in total. The normalized spacial score (nSPS) is 12.1. The van der Waals surface area contributed by atoms with E-state index in [1.165, 1.54) is 10.9 Å². The summed E-state index contributed by atoms with van der Waals surface area (Å²) < 4.78 is 6.73. The summed E-state index contributed by atoms with van der Waals surface area (Å²) in [6.45, 7) is 2.24. The van der Waals surface area contributed by atoms with Crippen molar-refractivity contribution in [2.24, 2.45) is 7.05 Å². The van der Waals surface area contributed by atoms with E-state index in [9.17, 15) is 4.79 Å².